The highest BCUT2D eigenvalue weighted by atomic mass is 16.7. The van der Waals surface area contributed by atoms with Crippen LogP contribution in [0.15, 0.2) is 0 Å². The van der Waals surface area contributed by atoms with Crippen LogP contribution in [0.25, 0.3) is 0 Å². The quantitative estimate of drug-likeness (QED) is 0.474. The summed E-state index contributed by atoms with van der Waals surface area (Å²) >= 11 is 0. The van der Waals surface area contributed by atoms with E-state index in [4.69, 9.17) is 14.2 Å². The topological polar surface area (TPSA) is 109 Å². The highest BCUT2D eigenvalue weighted by Crippen LogP contribution is 2.34. The van der Waals surface area contributed by atoms with Crippen molar-refractivity contribution in [3.63, 3.8) is 0 Å². The van der Waals surface area contributed by atoms with Gasteiger partial charge in [-0.3, -0.25) is 4.79 Å². The Morgan fingerprint density at radius 3 is 2.27 bits per heavy atom. The summed E-state index contributed by atoms with van der Waals surface area (Å²) < 4.78 is 18.5. The van der Waals surface area contributed by atoms with Crippen LogP contribution in [0.4, 0.5) is 0 Å². The van der Waals surface area contributed by atoms with Crippen molar-refractivity contribution < 1.29 is 34.3 Å². The van der Waals surface area contributed by atoms with Crippen molar-refractivity contribution >= 4 is 5.97 Å². The molecule has 7 unspecified atom stereocenters. The van der Waals surface area contributed by atoms with Crippen LogP contribution in [0.2, 0.25) is 0 Å². The van der Waals surface area contributed by atoms with Crippen molar-refractivity contribution in [3.05, 3.63) is 0 Å². The molecule has 2 aliphatic heterocycles. The Bertz CT molecular complexity index is 694. The number of carbonyl (C=O) groups excluding carboxylic acids is 1. The Morgan fingerprint density at radius 2 is 1.70 bits per heavy atom. The van der Waals surface area contributed by atoms with Gasteiger partial charge in [0.1, 0.15) is 17.8 Å². The number of rotatable bonds is 4. The highest BCUT2D eigenvalue weighted by Gasteiger charge is 2.46. The number of aliphatic hydroxyl groups is 3. The van der Waals surface area contributed by atoms with Crippen LogP contribution in [-0.4, -0.2) is 88.7 Å². The zero-order chi connectivity index (χ0) is 28.1. The SMILES string of the molecule is CC[C@H]1OC(=O)C(C)[C@@H](O[C@H]2CC(C)CC(C)O2)[C@H](C)CC(CO)C[C@@H](C)CN(C)C(C)C(O)C1(C)O. The Balaban J connectivity index is 2.40. The molecule has 12 atom stereocenters. The molecule has 0 radical (unpaired) electrons. The van der Waals surface area contributed by atoms with Crippen molar-refractivity contribution in [3.8, 4) is 0 Å². The molecule has 0 saturated carbocycles. The molecule has 0 aliphatic carbocycles. The Kier molecular flexibility index (Phi) is 12.3. The van der Waals surface area contributed by atoms with Crippen LogP contribution >= 0.6 is 0 Å². The average Bonchev–Trinajstić information content (AvgIpc) is 2.82. The summed E-state index contributed by atoms with van der Waals surface area (Å²) in [5.41, 5.74) is -1.63. The van der Waals surface area contributed by atoms with Crippen LogP contribution in [0, 0.1) is 29.6 Å². The fourth-order valence-electron chi connectivity index (χ4n) is 6.49. The van der Waals surface area contributed by atoms with E-state index in [1.165, 1.54) is 0 Å². The standard InChI is InChI=1S/C29H55NO7/c1-10-24-29(8,34)27(32)22(7)30(9)15-18(3)12-23(16-31)14-19(4)26(21(6)28(33)36-24)37-25-13-17(2)11-20(5)35-25/h17-27,31-32,34H,10-16H2,1-9H3/t17?,18-,19-,20?,21?,22?,23?,24-,25+,26+,27?,29?/m1/s1. The fourth-order valence-corrected chi connectivity index (χ4v) is 6.49. The van der Waals surface area contributed by atoms with E-state index in [1.807, 2.05) is 39.6 Å². The molecule has 37 heavy (non-hydrogen) atoms. The van der Waals surface area contributed by atoms with Crippen molar-refractivity contribution in [2.45, 2.75) is 130 Å². The smallest absolute Gasteiger partial charge is 0.311 e. The maximum absolute atomic E-state index is 13.5. The zero-order valence-electron chi connectivity index (χ0n) is 24.7. The maximum Gasteiger partial charge on any atom is 0.311 e. The molecular weight excluding hydrogens is 474 g/mol. The molecule has 2 heterocycles. The first kappa shape index (κ1) is 32.4. The second-order valence-electron chi connectivity index (χ2n) is 12.6. The monoisotopic (exact) mass is 529 g/mol. The lowest BCUT2D eigenvalue weighted by Gasteiger charge is -2.42. The van der Waals surface area contributed by atoms with Crippen LogP contribution in [-0.2, 0) is 19.0 Å². The Labute approximate surface area is 225 Å². The second-order valence-corrected chi connectivity index (χ2v) is 12.6. The van der Waals surface area contributed by atoms with Crippen LogP contribution in [0.5, 0.6) is 0 Å². The molecule has 0 spiro atoms. The number of carbonyl (C=O) groups is 1. The van der Waals surface area contributed by atoms with Crippen molar-refractivity contribution in [1.82, 2.24) is 4.90 Å². The van der Waals surface area contributed by atoms with Gasteiger partial charge in [0.2, 0.25) is 0 Å². The molecule has 0 aromatic carbocycles. The number of aliphatic hydroxyl groups excluding tert-OH is 2. The van der Waals surface area contributed by atoms with E-state index in [0.717, 1.165) is 19.3 Å². The average molecular weight is 530 g/mol. The van der Waals surface area contributed by atoms with Gasteiger partial charge in [0.25, 0.3) is 0 Å². The van der Waals surface area contributed by atoms with Gasteiger partial charge in [-0.25, -0.2) is 0 Å². The minimum atomic E-state index is -1.63. The van der Waals surface area contributed by atoms with Crippen molar-refractivity contribution in [2.75, 3.05) is 20.2 Å². The molecule has 2 fully saturated rings. The summed E-state index contributed by atoms with van der Waals surface area (Å²) in [4.78, 5) is 15.5. The number of ether oxygens (including phenoxy) is 3. The summed E-state index contributed by atoms with van der Waals surface area (Å²) in [7, 11) is 1.93. The summed E-state index contributed by atoms with van der Waals surface area (Å²) in [5, 5.41) is 32.8. The van der Waals surface area contributed by atoms with Crippen molar-refractivity contribution in [1.29, 1.82) is 0 Å². The molecule has 3 N–H and O–H groups in total. The third-order valence-electron chi connectivity index (χ3n) is 8.78. The molecule has 0 aromatic heterocycles. The van der Waals surface area contributed by atoms with Crippen LogP contribution in [0.1, 0.15) is 87.5 Å². The van der Waals surface area contributed by atoms with Gasteiger partial charge < -0.3 is 34.4 Å². The summed E-state index contributed by atoms with van der Waals surface area (Å²) in [6.45, 7) is 16.3. The molecule has 218 valence electrons. The van der Waals surface area contributed by atoms with E-state index in [2.05, 4.69) is 20.8 Å². The lowest BCUT2D eigenvalue weighted by molar-refractivity contribution is -0.240. The van der Waals surface area contributed by atoms with E-state index in [9.17, 15) is 20.1 Å². The Hall–Kier alpha value is -0.770. The number of hydrogen-bond donors (Lipinski definition) is 3. The van der Waals surface area contributed by atoms with Gasteiger partial charge >= 0.3 is 5.97 Å². The molecule has 8 nitrogen and oxygen atoms in total. The van der Waals surface area contributed by atoms with Gasteiger partial charge in [-0.05, 0) is 84.1 Å². The summed E-state index contributed by atoms with van der Waals surface area (Å²) in [6, 6.07) is -0.359. The molecular formula is C29H55NO7. The first-order chi connectivity index (χ1) is 17.2. The minimum absolute atomic E-state index is 0.0315. The molecule has 2 aliphatic rings. The normalized spacial score (nSPS) is 46.1. The van der Waals surface area contributed by atoms with E-state index in [1.54, 1.807) is 6.92 Å². The number of likely N-dealkylation sites (N-methyl/N-ethyl adjacent to an activating group) is 1. The third kappa shape index (κ3) is 8.61. The minimum Gasteiger partial charge on any atom is -0.459 e. The lowest BCUT2D eigenvalue weighted by atomic mass is 9.82. The van der Waals surface area contributed by atoms with Gasteiger partial charge in [0.05, 0.1) is 18.1 Å². The number of hydrogen-bond acceptors (Lipinski definition) is 8. The predicted octanol–water partition coefficient (Wildman–Crippen LogP) is 3.60. The van der Waals surface area contributed by atoms with Gasteiger partial charge in [-0.1, -0.05) is 27.7 Å². The lowest BCUT2D eigenvalue weighted by Crippen LogP contribution is -2.59. The van der Waals surface area contributed by atoms with Gasteiger partial charge in [0, 0.05) is 25.6 Å². The second kappa shape index (κ2) is 14.0. The molecule has 2 rings (SSSR count). The maximum atomic E-state index is 13.5. The summed E-state index contributed by atoms with van der Waals surface area (Å²) in [6.07, 6.45) is 0.824. The molecule has 2 saturated heterocycles. The first-order valence-corrected chi connectivity index (χ1v) is 14.4. The van der Waals surface area contributed by atoms with Gasteiger partial charge in [0.15, 0.2) is 6.29 Å². The summed E-state index contributed by atoms with van der Waals surface area (Å²) in [5.74, 6) is -0.336. The van der Waals surface area contributed by atoms with Gasteiger partial charge in [-0.15, -0.1) is 0 Å². The van der Waals surface area contributed by atoms with E-state index in [-0.39, 0.29) is 36.5 Å². The van der Waals surface area contributed by atoms with E-state index < -0.39 is 42.1 Å². The van der Waals surface area contributed by atoms with Gasteiger partial charge in [-0.2, -0.15) is 0 Å². The predicted molar refractivity (Wildman–Crippen MR) is 144 cm³/mol. The molecule has 0 bridgehead atoms. The number of nitrogens with zero attached hydrogens (tertiary/aromatic N) is 1. The molecule has 8 heteroatoms. The molecule has 0 amide bonds. The highest BCUT2D eigenvalue weighted by molar-refractivity contribution is 5.73. The van der Waals surface area contributed by atoms with Crippen LogP contribution < -0.4 is 0 Å². The van der Waals surface area contributed by atoms with E-state index in [0.29, 0.717) is 25.3 Å². The fraction of sp³-hybridized carbons (Fsp3) is 0.966. The largest absolute Gasteiger partial charge is 0.459 e. The van der Waals surface area contributed by atoms with Crippen molar-refractivity contribution in [2.24, 2.45) is 29.6 Å². The number of esters is 1. The number of cyclic esters (lactones) is 1. The molecule has 0 aromatic rings. The zero-order valence-corrected chi connectivity index (χ0v) is 24.7. The third-order valence-corrected chi connectivity index (χ3v) is 8.78. The van der Waals surface area contributed by atoms with E-state index >= 15 is 0 Å². The Morgan fingerprint density at radius 1 is 1.05 bits per heavy atom. The van der Waals surface area contributed by atoms with Crippen LogP contribution in [0.3, 0.4) is 0 Å². The first-order valence-electron chi connectivity index (χ1n) is 14.4.